The molecule has 20 heavy (non-hydrogen) atoms. The first-order valence-electron chi connectivity index (χ1n) is 6.84. The zero-order chi connectivity index (χ0) is 14.5. The predicted molar refractivity (Wildman–Crippen MR) is 79.6 cm³/mol. The SMILES string of the molecule is Cc1nc(N(C)Cc2ccoc2)ncc1CNC(C)C. The van der Waals surface area contributed by atoms with Crippen molar-refractivity contribution in [3.8, 4) is 0 Å². The highest BCUT2D eigenvalue weighted by atomic mass is 16.3. The Morgan fingerprint density at radius 2 is 2.20 bits per heavy atom. The maximum absolute atomic E-state index is 5.07. The van der Waals surface area contributed by atoms with Crippen LogP contribution in [0.2, 0.25) is 0 Å². The minimum atomic E-state index is 0.456. The van der Waals surface area contributed by atoms with Crippen LogP contribution in [-0.4, -0.2) is 23.1 Å². The van der Waals surface area contributed by atoms with Crippen molar-refractivity contribution < 1.29 is 4.42 Å². The number of aryl methyl sites for hydroxylation is 1. The van der Waals surface area contributed by atoms with Crippen molar-refractivity contribution in [2.24, 2.45) is 0 Å². The number of hydrogen-bond acceptors (Lipinski definition) is 5. The number of furan rings is 1. The van der Waals surface area contributed by atoms with Crippen molar-refractivity contribution in [1.29, 1.82) is 0 Å². The van der Waals surface area contributed by atoms with E-state index in [1.54, 1.807) is 12.5 Å². The molecule has 0 fully saturated rings. The topological polar surface area (TPSA) is 54.2 Å². The minimum absolute atomic E-state index is 0.456. The fraction of sp³-hybridized carbons (Fsp3) is 0.467. The summed E-state index contributed by atoms with van der Waals surface area (Å²) >= 11 is 0. The lowest BCUT2D eigenvalue weighted by atomic mass is 10.2. The molecule has 0 radical (unpaired) electrons. The van der Waals surface area contributed by atoms with E-state index in [0.29, 0.717) is 6.04 Å². The van der Waals surface area contributed by atoms with Gasteiger partial charge in [0.15, 0.2) is 0 Å². The Kier molecular flexibility index (Phi) is 4.74. The van der Waals surface area contributed by atoms with Gasteiger partial charge in [0.25, 0.3) is 0 Å². The van der Waals surface area contributed by atoms with Gasteiger partial charge >= 0.3 is 0 Å². The van der Waals surface area contributed by atoms with E-state index in [4.69, 9.17) is 4.42 Å². The Labute approximate surface area is 120 Å². The van der Waals surface area contributed by atoms with E-state index in [-0.39, 0.29) is 0 Å². The van der Waals surface area contributed by atoms with Gasteiger partial charge in [0, 0.05) is 49.2 Å². The average molecular weight is 274 g/mol. The molecule has 0 aliphatic rings. The fourth-order valence-corrected chi connectivity index (χ4v) is 1.88. The van der Waals surface area contributed by atoms with Crippen LogP contribution in [0.25, 0.3) is 0 Å². The molecule has 0 saturated carbocycles. The normalized spacial score (nSPS) is 11.1. The third-order valence-corrected chi connectivity index (χ3v) is 3.11. The standard InChI is InChI=1S/C15H22N4O/c1-11(2)16-7-14-8-17-15(18-12(14)3)19(4)9-13-5-6-20-10-13/h5-6,8,10-11,16H,7,9H2,1-4H3. The third kappa shape index (κ3) is 3.81. The first-order valence-corrected chi connectivity index (χ1v) is 6.84. The molecule has 1 N–H and O–H groups in total. The molecule has 0 aromatic carbocycles. The van der Waals surface area contributed by atoms with E-state index in [2.05, 4.69) is 29.1 Å². The Bertz CT molecular complexity index is 537. The second kappa shape index (κ2) is 6.52. The van der Waals surface area contributed by atoms with Crippen molar-refractivity contribution in [1.82, 2.24) is 15.3 Å². The lowest BCUT2D eigenvalue weighted by Crippen LogP contribution is -2.24. The summed E-state index contributed by atoms with van der Waals surface area (Å²) in [6.07, 6.45) is 5.32. The summed E-state index contributed by atoms with van der Waals surface area (Å²) in [4.78, 5) is 11.0. The lowest BCUT2D eigenvalue weighted by molar-refractivity contribution is 0.563. The van der Waals surface area contributed by atoms with E-state index < -0.39 is 0 Å². The van der Waals surface area contributed by atoms with Gasteiger partial charge in [0.2, 0.25) is 5.95 Å². The molecule has 0 spiro atoms. The van der Waals surface area contributed by atoms with Gasteiger partial charge < -0.3 is 14.6 Å². The molecule has 2 heterocycles. The molecular formula is C15H22N4O. The summed E-state index contributed by atoms with van der Waals surface area (Å²) in [5.41, 5.74) is 3.26. The molecule has 0 unspecified atom stereocenters. The highest BCUT2D eigenvalue weighted by molar-refractivity contribution is 5.33. The number of rotatable bonds is 6. The second-order valence-electron chi connectivity index (χ2n) is 5.30. The largest absolute Gasteiger partial charge is 0.472 e. The number of nitrogens with zero attached hydrogens (tertiary/aromatic N) is 3. The summed E-state index contributed by atoms with van der Waals surface area (Å²) < 4.78 is 5.07. The molecule has 0 bridgehead atoms. The van der Waals surface area contributed by atoms with Crippen LogP contribution in [0.5, 0.6) is 0 Å². The first kappa shape index (κ1) is 14.5. The highest BCUT2D eigenvalue weighted by Crippen LogP contribution is 2.13. The van der Waals surface area contributed by atoms with Crippen LogP contribution in [0.1, 0.15) is 30.7 Å². The second-order valence-corrected chi connectivity index (χ2v) is 5.30. The summed E-state index contributed by atoms with van der Waals surface area (Å²) in [5, 5.41) is 3.38. The molecule has 5 nitrogen and oxygen atoms in total. The van der Waals surface area contributed by atoms with Gasteiger partial charge in [-0.25, -0.2) is 9.97 Å². The number of nitrogens with one attached hydrogen (secondary N) is 1. The van der Waals surface area contributed by atoms with Gasteiger partial charge in [0.05, 0.1) is 12.5 Å². The number of hydrogen-bond donors (Lipinski definition) is 1. The van der Waals surface area contributed by atoms with Crippen LogP contribution < -0.4 is 10.2 Å². The van der Waals surface area contributed by atoms with Gasteiger partial charge in [-0.15, -0.1) is 0 Å². The maximum Gasteiger partial charge on any atom is 0.225 e. The lowest BCUT2D eigenvalue weighted by Gasteiger charge is -2.17. The van der Waals surface area contributed by atoms with E-state index in [1.165, 1.54) is 0 Å². The Balaban J connectivity index is 2.04. The van der Waals surface area contributed by atoms with Crippen LogP contribution in [0, 0.1) is 6.92 Å². The molecule has 0 saturated heterocycles. The molecular weight excluding hydrogens is 252 g/mol. The number of anilines is 1. The highest BCUT2D eigenvalue weighted by Gasteiger charge is 2.09. The van der Waals surface area contributed by atoms with Crippen LogP contribution in [0.3, 0.4) is 0 Å². The summed E-state index contributed by atoms with van der Waals surface area (Å²) in [6, 6.07) is 2.41. The van der Waals surface area contributed by atoms with E-state index >= 15 is 0 Å². The Morgan fingerprint density at radius 1 is 1.40 bits per heavy atom. The van der Waals surface area contributed by atoms with Gasteiger partial charge in [0.1, 0.15) is 0 Å². The smallest absolute Gasteiger partial charge is 0.225 e. The maximum atomic E-state index is 5.07. The molecule has 0 atom stereocenters. The van der Waals surface area contributed by atoms with Gasteiger partial charge in [-0.2, -0.15) is 0 Å². The minimum Gasteiger partial charge on any atom is -0.472 e. The fourth-order valence-electron chi connectivity index (χ4n) is 1.88. The van der Waals surface area contributed by atoms with Crippen LogP contribution >= 0.6 is 0 Å². The Morgan fingerprint density at radius 3 is 2.80 bits per heavy atom. The molecule has 2 aromatic rings. The summed E-state index contributed by atoms with van der Waals surface area (Å²) in [7, 11) is 1.98. The van der Waals surface area contributed by atoms with Crippen LogP contribution in [-0.2, 0) is 13.1 Å². The molecule has 0 amide bonds. The van der Waals surface area contributed by atoms with Gasteiger partial charge in [-0.3, -0.25) is 0 Å². The number of aromatic nitrogens is 2. The quantitative estimate of drug-likeness (QED) is 0.877. The van der Waals surface area contributed by atoms with E-state index in [1.807, 2.05) is 31.1 Å². The van der Waals surface area contributed by atoms with Crippen LogP contribution in [0.15, 0.2) is 29.2 Å². The zero-order valence-electron chi connectivity index (χ0n) is 12.6. The summed E-state index contributed by atoms with van der Waals surface area (Å²) in [5.74, 6) is 0.733. The predicted octanol–water partition coefficient (Wildman–Crippen LogP) is 2.51. The van der Waals surface area contributed by atoms with Gasteiger partial charge in [-0.1, -0.05) is 13.8 Å². The van der Waals surface area contributed by atoms with E-state index in [0.717, 1.165) is 35.9 Å². The van der Waals surface area contributed by atoms with Crippen LogP contribution in [0.4, 0.5) is 5.95 Å². The molecule has 5 heteroatoms. The molecule has 0 aliphatic heterocycles. The summed E-state index contributed by atoms with van der Waals surface area (Å²) in [6.45, 7) is 7.81. The van der Waals surface area contributed by atoms with Crippen molar-refractivity contribution in [2.45, 2.75) is 39.9 Å². The first-order chi connectivity index (χ1) is 9.56. The average Bonchev–Trinajstić information content (AvgIpc) is 2.89. The van der Waals surface area contributed by atoms with Crippen molar-refractivity contribution >= 4 is 5.95 Å². The van der Waals surface area contributed by atoms with E-state index in [9.17, 15) is 0 Å². The van der Waals surface area contributed by atoms with Gasteiger partial charge in [-0.05, 0) is 13.0 Å². The van der Waals surface area contributed by atoms with Crippen molar-refractivity contribution in [3.63, 3.8) is 0 Å². The molecule has 2 rings (SSSR count). The molecule has 2 aromatic heterocycles. The molecule has 108 valence electrons. The van der Waals surface area contributed by atoms with Crippen molar-refractivity contribution in [2.75, 3.05) is 11.9 Å². The zero-order valence-corrected chi connectivity index (χ0v) is 12.6. The third-order valence-electron chi connectivity index (χ3n) is 3.11. The molecule has 0 aliphatic carbocycles. The van der Waals surface area contributed by atoms with Crippen molar-refractivity contribution in [3.05, 3.63) is 41.6 Å². The Hall–Kier alpha value is -1.88. The monoisotopic (exact) mass is 274 g/mol.